The normalized spacial score (nSPS) is 15.9. The quantitative estimate of drug-likeness (QED) is 0.755. The van der Waals surface area contributed by atoms with Gasteiger partial charge in [-0.15, -0.1) is 0 Å². The zero-order valence-corrected chi connectivity index (χ0v) is 8.73. The largest absolute Gasteiger partial charge is 0.384 e. The van der Waals surface area contributed by atoms with Crippen LogP contribution in [0.25, 0.3) is 0 Å². The second kappa shape index (κ2) is 3.50. The average Bonchev–Trinajstić information content (AvgIpc) is 2.29. The Kier molecular flexibility index (Phi) is 2.36. The summed E-state index contributed by atoms with van der Waals surface area (Å²) in [4.78, 5) is 11.7. The molecule has 1 aromatic carbocycles. The van der Waals surface area contributed by atoms with Gasteiger partial charge in [0.15, 0.2) is 5.78 Å². The summed E-state index contributed by atoms with van der Waals surface area (Å²) in [5, 5.41) is 3.25. The molecule has 68 valence electrons. The molecular formula is C10H10BrNO. The van der Waals surface area contributed by atoms with Crippen LogP contribution in [-0.4, -0.2) is 12.3 Å². The average molecular weight is 240 g/mol. The first-order valence-corrected chi connectivity index (χ1v) is 5.14. The Morgan fingerprint density at radius 2 is 2.23 bits per heavy atom. The maximum Gasteiger partial charge on any atom is 0.166 e. The number of Topliss-reactive ketones (excluding diaryl/α,β-unsaturated/α-hetero) is 1. The van der Waals surface area contributed by atoms with Crippen molar-refractivity contribution >= 4 is 27.4 Å². The summed E-state index contributed by atoms with van der Waals surface area (Å²) in [7, 11) is 0. The molecule has 1 heterocycles. The van der Waals surface area contributed by atoms with Crippen molar-refractivity contribution in [3.63, 3.8) is 0 Å². The van der Waals surface area contributed by atoms with Crippen LogP contribution < -0.4 is 5.32 Å². The monoisotopic (exact) mass is 239 g/mol. The minimum absolute atomic E-state index is 0.229. The Hall–Kier alpha value is -0.830. The summed E-state index contributed by atoms with van der Waals surface area (Å²) >= 11 is 3.40. The van der Waals surface area contributed by atoms with Gasteiger partial charge in [0.05, 0.1) is 5.56 Å². The van der Waals surface area contributed by atoms with Crippen LogP contribution in [0, 0.1) is 0 Å². The molecule has 0 spiro atoms. The van der Waals surface area contributed by atoms with Crippen LogP contribution in [0.2, 0.25) is 0 Å². The second-order valence-electron chi connectivity index (χ2n) is 3.12. The molecule has 3 heteroatoms. The molecule has 1 aliphatic heterocycles. The summed E-state index contributed by atoms with van der Waals surface area (Å²) < 4.78 is 0.893. The Morgan fingerprint density at radius 1 is 1.38 bits per heavy atom. The molecular weight excluding hydrogens is 230 g/mol. The minimum Gasteiger partial charge on any atom is -0.384 e. The van der Waals surface area contributed by atoms with Crippen molar-refractivity contribution in [2.45, 2.75) is 12.8 Å². The smallest absolute Gasteiger partial charge is 0.166 e. The zero-order chi connectivity index (χ0) is 9.26. The third kappa shape index (κ3) is 1.61. The number of ketones is 1. The Morgan fingerprint density at radius 3 is 3.08 bits per heavy atom. The second-order valence-corrected chi connectivity index (χ2v) is 3.97. The van der Waals surface area contributed by atoms with Gasteiger partial charge >= 0.3 is 0 Å². The number of nitrogens with one attached hydrogen (secondary N) is 1. The van der Waals surface area contributed by atoms with E-state index in [0.29, 0.717) is 6.42 Å². The maximum atomic E-state index is 11.7. The van der Waals surface area contributed by atoms with Crippen molar-refractivity contribution < 1.29 is 4.79 Å². The van der Waals surface area contributed by atoms with E-state index in [2.05, 4.69) is 21.2 Å². The number of fused-ring (bicyclic) bond motifs is 1. The van der Waals surface area contributed by atoms with Gasteiger partial charge in [-0.1, -0.05) is 6.07 Å². The Balaban J connectivity index is 2.55. The van der Waals surface area contributed by atoms with Gasteiger partial charge in [-0.3, -0.25) is 4.79 Å². The van der Waals surface area contributed by atoms with E-state index in [9.17, 15) is 4.79 Å². The molecule has 1 aliphatic rings. The third-order valence-corrected chi connectivity index (χ3v) is 2.85. The van der Waals surface area contributed by atoms with Crippen molar-refractivity contribution in [1.82, 2.24) is 0 Å². The van der Waals surface area contributed by atoms with Gasteiger partial charge < -0.3 is 5.32 Å². The highest BCUT2D eigenvalue weighted by Gasteiger charge is 2.17. The number of rotatable bonds is 0. The lowest BCUT2D eigenvalue weighted by Gasteiger charge is -2.07. The first-order valence-electron chi connectivity index (χ1n) is 4.34. The molecule has 0 saturated carbocycles. The molecule has 0 unspecified atom stereocenters. The summed E-state index contributed by atoms with van der Waals surface area (Å²) in [6.07, 6.45) is 1.56. The van der Waals surface area contributed by atoms with E-state index in [1.165, 1.54) is 0 Å². The first-order chi connectivity index (χ1) is 6.29. The van der Waals surface area contributed by atoms with Crippen molar-refractivity contribution in [2.75, 3.05) is 11.9 Å². The Labute approximate surface area is 85.5 Å². The van der Waals surface area contributed by atoms with E-state index < -0.39 is 0 Å². The summed E-state index contributed by atoms with van der Waals surface area (Å²) in [5.41, 5.74) is 1.76. The van der Waals surface area contributed by atoms with Gasteiger partial charge in [-0.25, -0.2) is 0 Å². The van der Waals surface area contributed by atoms with Crippen molar-refractivity contribution in [1.29, 1.82) is 0 Å². The number of halogens is 1. The number of carbonyl (C=O) groups is 1. The minimum atomic E-state index is 0.229. The summed E-state index contributed by atoms with van der Waals surface area (Å²) in [5.74, 6) is 0.229. The van der Waals surface area contributed by atoms with Gasteiger partial charge in [0.25, 0.3) is 0 Å². The molecule has 0 amide bonds. The number of carbonyl (C=O) groups excluding carboxylic acids is 1. The molecule has 1 aromatic rings. The van der Waals surface area contributed by atoms with E-state index in [0.717, 1.165) is 28.7 Å². The lowest BCUT2D eigenvalue weighted by atomic mass is 10.1. The number of anilines is 1. The summed E-state index contributed by atoms with van der Waals surface area (Å²) in [6.45, 7) is 0.884. The molecule has 0 atom stereocenters. The first kappa shape index (κ1) is 8.75. The van der Waals surface area contributed by atoms with E-state index >= 15 is 0 Å². The lowest BCUT2D eigenvalue weighted by molar-refractivity contribution is 0.0983. The number of hydrogen-bond acceptors (Lipinski definition) is 2. The molecule has 2 nitrogen and oxygen atoms in total. The number of benzene rings is 1. The fraction of sp³-hybridized carbons (Fsp3) is 0.300. The predicted octanol–water partition coefficient (Wildman–Crippen LogP) is 2.84. The molecule has 0 aromatic heterocycles. The van der Waals surface area contributed by atoms with Gasteiger partial charge in [0, 0.05) is 23.1 Å². The van der Waals surface area contributed by atoms with Crippen molar-refractivity contribution in [3.8, 4) is 0 Å². The van der Waals surface area contributed by atoms with E-state index in [4.69, 9.17) is 0 Å². The van der Waals surface area contributed by atoms with Crippen molar-refractivity contribution in [2.24, 2.45) is 0 Å². The van der Waals surface area contributed by atoms with E-state index in [1.54, 1.807) is 0 Å². The van der Waals surface area contributed by atoms with Crippen LogP contribution in [0.4, 0.5) is 5.69 Å². The Bertz CT molecular complexity index is 349. The van der Waals surface area contributed by atoms with Crippen LogP contribution in [0.1, 0.15) is 23.2 Å². The molecule has 0 saturated heterocycles. The summed E-state index contributed by atoms with van der Waals surface area (Å²) in [6, 6.07) is 5.79. The fourth-order valence-electron chi connectivity index (χ4n) is 1.55. The highest BCUT2D eigenvalue weighted by Crippen LogP contribution is 2.28. The van der Waals surface area contributed by atoms with Gasteiger partial charge in [0.2, 0.25) is 0 Å². The van der Waals surface area contributed by atoms with E-state index in [-0.39, 0.29) is 5.78 Å². The van der Waals surface area contributed by atoms with Gasteiger partial charge in [-0.05, 0) is 34.5 Å². The highest BCUT2D eigenvalue weighted by atomic mass is 79.9. The third-order valence-electron chi connectivity index (χ3n) is 2.19. The molecule has 0 aliphatic carbocycles. The molecule has 13 heavy (non-hydrogen) atoms. The molecule has 1 N–H and O–H groups in total. The standard InChI is InChI=1S/C10H10BrNO/c11-7-3-1-4-8-10(7)9(13)5-2-6-12-8/h1,3-4,12H,2,5-6H2. The zero-order valence-electron chi connectivity index (χ0n) is 7.14. The van der Waals surface area contributed by atoms with Crippen LogP contribution in [0.5, 0.6) is 0 Å². The number of hydrogen-bond donors (Lipinski definition) is 1. The highest BCUT2D eigenvalue weighted by molar-refractivity contribution is 9.10. The van der Waals surface area contributed by atoms with Crippen molar-refractivity contribution in [3.05, 3.63) is 28.2 Å². The van der Waals surface area contributed by atoms with Crippen LogP contribution >= 0.6 is 15.9 Å². The van der Waals surface area contributed by atoms with E-state index in [1.807, 2.05) is 18.2 Å². The SMILES string of the molecule is O=C1CCCNc2cccc(Br)c21. The van der Waals surface area contributed by atoms with Crippen LogP contribution in [-0.2, 0) is 0 Å². The maximum absolute atomic E-state index is 11.7. The van der Waals surface area contributed by atoms with Crippen LogP contribution in [0.3, 0.4) is 0 Å². The molecule has 0 fully saturated rings. The lowest BCUT2D eigenvalue weighted by Crippen LogP contribution is -2.00. The van der Waals surface area contributed by atoms with Gasteiger partial charge in [0.1, 0.15) is 0 Å². The molecule has 2 rings (SSSR count). The fourth-order valence-corrected chi connectivity index (χ4v) is 2.14. The predicted molar refractivity (Wildman–Crippen MR) is 56.2 cm³/mol. The molecule has 0 radical (unpaired) electrons. The van der Waals surface area contributed by atoms with Crippen LogP contribution in [0.15, 0.2) is 22.7 Å². The van der Waals surface area contributed by atoms with Gasteiger partial charge in [-0.2, -0.15) is 0 Å². The topological polar surface area (TPSA) is 29.1 Å². The molecule has 0 bridgehead atoms.